The summed E-state index contributed by atoms with van der Waals surface area (Å²) in [6, 6.07) is 7.83. The molecule has 106 valence electrons. The quantitative estimate of drug-likeness (QED) is 0.899. The molecule has 1 atom stereocenters. The SMILES string of the molecule is CC(N)c1ccc(N(Cc2ccsc2)C2CC2)c(F)c1. The van der Waals surface area contributed by atoms with Crippen LogP contribution in [-0.2, 0) is 6.54 Å². The zero-order valence-corrected chi connectivity index (χ0v) is 12.4. The Kier molecular flexibility index (Phi) is 3.76. The number of thiophene rings is 1. The smallest absolute Gasteiger partial charge is 0.146 e. The molecule has 0 spiro atoms. The Balaban J connectivity index is 1.87. The number of rotatable bonds is 5. The van der Waals surface area contributed by atoms with Gasteiger partial charge < -0.3 is 10.6 Å². The molecule has 1 unspecified atom stereocenters. The van der Waals surface area contributed by atoms with Crippen LogP contribution in [0, 0.1) is 5.82 Å². The highest BCUT2D eigenvalue weighted by molar-refractivity contribution is 7.07. The first-order valence-electron chi connectivity index (χ1n) is 6.98. The minimum Gasteiger partial charge on any atom is -0.362 e. The molecule has 0 amide bonds. The number of hydrogen-bond acceptors (Lipinski definition) is 3. The Hall–Kier alpha value is -1.39. The van der Waals surface area contributed by atoms with Crippen LogP contribution in [0.25, 0.3) is 0 Å². The van der Waals surface area contributed by atoms with Crippen LogP contribution in [0.15, 0.2) is 35.0 Å². The average Bonchev–Trinajstić information content (AvgIpc) is 3.14. The molecule has 0 bridgehead atoms. The van der Waals surface area contributed by atoms with Crippen molar-refractivity contribution in [1.29, 1.82) is 0 Å². The van der Waals surface area contributed by atoms with Crippen molar-refractivity contribution in [2.75, 3.05) is 4.90 Å². The van der Waals surface area contributed by atoms with Crippen molar-refractivity contribution >= 4 is 17.0 Å². The molecule has 0 aliphatic heterocycles. The first-order valence-corrected chi connectivity index (χ1v) is 7.92. The lowest BCUT2D eigenvalue weighted by Crippen LogP contribution is -2.26. The van der Waals surface area contributed by atoms with Crippen LogP contribution in [0.5, 0.6) is 0 Å². The molecule has 2 aromatic rings. The van der Waals surface area contributed by atoms with Gasteiger partial charge in [0.2, 0.25) is 0 Å². The van der Waals surface area contributed by atoms with E-state index in [-0.39, 0.29) is 11.9 Å². The monoisotopic (exact) mass is 290 g/mol. The molecular weight excluding hydrogens is 271 g/mol. The number of anilines is 1. The van der Waals surface area contributed by atoms with E-state index >= 15 is 0 Å². The maximum Gasteiger partial charge on any atom is 0.146 e. The first-order chi connectivity index (χ1) is 9.65. The van der Waals surface area contributed by atoms with Gasteiger partial charge in [-0.2, -0.15) is 11.3 Å². The minimum atomic E-state index is -0.165. The summed E-state index contributed by atoms with van der Waals surface area (Å²) in [4.78, 5) is 2.18. The zero-order chi connectivity index (χ0) is 14.1. The van der Waals surface area contributed by atoms with E-state index in [9.17, 15) is 4.39 Å². The van der Waals surface area contributed by atoms with Gasteiger partial charge in [-0.25, -0.2) is 4.39 Å². The van der Waals surface area contributed by atoms with Gasteiger partial charge in [-0.15, -0.1) is 0 Å². The molecule has 1 heterocycles. The molecule has 1 aliphatic rings. The molecule has 1 aromatic carbocycles. The fourth-order valence-corrected chi connectivity index (χ4v) is 3.08. The van der Waals surface area contributed by atoms with Crippen molar-refractivity contribution in [2.45, 2.75) is 38.4 Å². The van der Waals surface area contributed by atoms with Crippen molar-refractivity contribution < 1.29 is 4.39 Å². The minimum absolute atomic E-state index is 0.134. The highest BCUT2D eigenvalue weighted by atomic mass is 32.1. The Bertz CT molecular complexity index is 576. The van der Waals surface area contributed by atoms with Gasteiger partial charge in [-0.05, 0) is 59.9 Å². The second-order valence-electron chi connectivity index (χ2n) is 5.49. The second-order valence-corrected chi connectivity index (χ2v) is 6.27. The van der Waals surface area contributed by atoms with Gasteiger partial charge in [0.1, 0.15) is 5.82 Å². The van der Waals surface area contributed by atoms with Crippen molar-refractivity contribution in [3.63, 3.8) is 0 Å². The third-order valence-corrected chi connectivity index (χ3v) is 4.46. The third kappa shape index (κ3) is 2.86. The van der Waals surface area contributed by atoms with Gasteiger partial charge in [-0.3, -0.25) is 0 Å². The Labute approximate surface area is 123 Å². The molecule has 1 aromatic heterocycles. The fraction of sp³-hybridized carbons (Fsp3) is 0.375. The maximum atomic E-state index is 14.4. The first kappa shape index (κ1) is 13.6. The molecule has 4 heteroatoms. The van der Waals surface area contributed by atoms with Gasteiger partial charge in [-0.1, -0.05) is 6.07 Å². The number of hydrogen-bond donors (Lipinski definition) is 1. The van der Waals surface area contributed by atoms with Gasteiger partial charge >= 0.3 is 0 Å². The van der Waals surface area contributed by atoms with Crippen LogP contribution >= 0.6 is 11.3 Å². The second kappa shape index (κ2) is 5.54. The largest absolute Gasteiger partial charge is 0.362 e. The molecule has 3 rings (SSSR count). The lowest BCUT2D eigenvalue weighted by atomic mass is 10.1. The normalized spacial score (nSPS) is 16.1. The van der Waals surface area contributed by atoms with E-state index in [1.165, 1.54) is 5.56 Å². The molecule has 20 heavy (non-hydrogen) atoms. The number of halogens is 1. The molecule has 0 radical (unpaired) electrons. The van der Waals surface area contributed by atoms with Crippen LogP contribution < -0.4 is 10.6 Å². The lowest BCUT2D eigenvalue weighted by molar-refractivity contribution is 0.610. The lowest BCUT2D eigenvalue weighted by Gasteiger charge is -2.25. The summed E-state index contributed by atoms with van der Waals surface area (Å²) in [5, 5.41) is 4.19. The van der Waals surface area contributed by atoms with Crippen LogP contribution in [-0.4, -0.2) is 6.04 Å². The molecule has 2 nitrogen and oxygen atoms in total. The van der Waals surface area contributed by atoms with Gasteiger partial charge in [0.25, 0.3) is 0 Å². The van der Waals surface area contributed by atoms with Crippen molar-refractivity contribution in [1.82, 2.24) is 0 Å². The van der Waals surface area contributed by atoms with E-state index in [2.05, 4.69) is 21.7 Å². The van der Waals surface area contributed by atoms with E-state index < -0.39 is 0 Å². The average molecular weight is 290 g/mol. The molecular formula is C16H19FN2S. The number of benzene rings is 1. The van der Waals surface area contributed by atoms with Crippen LogP contribution in [0.2, 0.25) is 0 Å². The summed E-state index contributed by atoms with van der Waals surface area (Å²) in [6.45, 7) is 2.65. The molecule has 1 saturated carbocycles. The zero-order valence-electron chi connectivity index (χ0n) is 11.6. The van der Waals surface area contributed by atoms with Gasteiger partial charge in [0, 0.05) is 18.6 Å². The summed E-state index contributed by atoms with van der Waals surface area (Å²) in [5.74, 6) is -0.165. The van der Waals surface area contributed by atoms with E-state index in [1.54, 1.807) is 17.4 Å². The van der Waals surface area contributed by atoms with Crippen molar-refractivity contribution in [3.05, 3.63) is 52.0 Å². The number of nitrogens with two attached hydrogens (primary N) is 1. The predicted molar refractivity (Wildman–Crippen MR) is 82.5 cm³/mol. The van der Waals surface area contributed by atoms with E-state index in [0.29, 0.717) is 11.7 Å². The maximum absolute atomic E-state index is 14.4. The van der Waals surface area contributed by atoms with Crippen LogP contribution in [0.1, 0.15) is 36.9 Å². The molecule has 1 aliphatic carbocycles. The predicted octanol–water partition coefficient (Wildman–Crippen LogP) is 4.08. The van der Waals surface area contributed by atoms with Gasteiger partial charge in [0.15, 0.2) is 0 Å². The van der Waals surface area contributed by atoms with Crippen molar-refractivity contribution in [3.8, 4) is 0 Å². The summed E-state index contributed by atoms with van der Waals surface area (Å²) in [6.07, 6.45) is 2.30. The van der Waals surface area contributed by atoms with Crippen LogP contribution in [0.3, 0.4) is 0 Å². The summed E-state index contributed by atoms with van der Waals surface area (Å²) >= 11 is 1.68. The highest BCUT2D eigenvalue weighted by Gasteiger charge is 2.30. The molecule has 1 fully saturated rings. The summed E-state index contributed by atoms with van der Waals surface area (Å²) in [7, 11) is 0. The Morgan fingerprint density at radius 1 is 1.40 bits per heavy atom. The number of nitrogens with zero attached hydrogens (tertiary/aromatic N) is 1. The fourth-order valence-electron chi connectivity index (χ4n) is 2.42. The Morgan fingerprint density at radius 2 is 2.20 bits per heavy atom. The molecule has 0 saturated heterocycles. The highest BCUT2D eigenvalue weighted by Crippen LogP contribution is 2.35. The summed E-state index contributed by atoms with van der Waals surface area (Å²) in [5.41, 5.74) is 8.60. The van der Waals surface area contributed by atoms with E-state index in [0.717, 1.165) is 24.9 Å². The Morgan fingerprint density at radius 3 is 2.75 bits per heavy atom. The molecule has 2 N–H and O–H groups in total. The summed E-state index contributed by atoms with van der Waals surface area (Å²) < 4.78 is 14.4. The standard InChI is InChI=1S/C16H19FN2S/c1-11(18)13-2-5-16(15(17)8-13)19(14-3-4-14)9-12-6-7-20-10-12/h2,5-8,10-11,14H,3-4,9,18H2,1H3. The van der Waals surface area contributed by atoms with E-state index in [1.807, 2.05) is 19.1 Å². The van der Waals surface area contributed by atoms with E-state index in [4.69, 9.17) is 5.73 Å². The van der Waals surface area contributed by atoms with Gasteiger partial charge in [0.05, 0.1) is 5.69 Å². The van der Waals surface area contributed by atoms with Crippen LogP contribution in [0.4, 0.5) is 10.1 Å². The third-order valence-electron chi connectivity index (χ3n) is 3.73. The van der Waals surface area contributed by atoms with Crippen molar-refractivity contribution in [2.24, 2.45) is 5.73 Å². The topological polar surface area (TPSA) is 29.3 Å².